The second-order valence-electron chi connectivity index (χ2n) is 4.49. The summed E-state index contributed by atoms with van der Waals surface area (Å²) < 4.78 is 0. The molecular weight excluding hydrogens is 274 g/mol. The van der Waals surface area contributed by atoms with E-state index in [1.54, 1.807) is 12.1 Å². The molecule has 0 aliphatic heterocycles. The van der Waals surface area contributed by atoms with Crippen LogP contribution in [-0.4, -0.2) is 40.2 Å². The number of carboxylic acids is 1. The van der Waals surface area contributed by atoms with E-state index in [-0.39, 0.29) is 17.6 Å². The van der Waals surface area contributed by atoms with Crippen molar-refractivity contribution in [2.45, 2.75) is 37.3 Å². The molecule has 1 atom stereocenters. The van der Waals surface area contributed by atoms with Gasteiger partial charge in [-0.15, -0.1) is 11.8 Å². The molecule has 1 aromatic carbocycles. The normalized spacial score (nSPS) is 11.9. The monoisotopic (exact) mass is 295 g/mol. The number of rotatable bonds is 7. The zero-order chi connectivity index (χ0) is 15.1. The van der Waals surface area contributed by atoms with Gasteiger partial charge >= 0.3 is 5.97 Å². The fraction of sp³-hybridized carbons (Fsp3) is 0.467. The lowest BCUT2D eigenvalue weighted by Crippen LogP contribution is -2.36. The van der Waals surface area contributed by atoms with Gasteiger partial charge in [0, 0.05) is 18.0 Å². The van der Waals surface area contributed by atoms with Crippen LogP contribution < -0.4 is 0 Å². The summed E-state index contributed by atoms with van der Waals surface area (Å²) >= 11 is 1.50. The van der Waals surface area contributed by atoms with E-state index in [0.717, 1.165) is 23.5 Å². The number of aliphatic carboxylic acids is 1. The van der Waals surface area contributed by atoms with E-state index in [0.29, 0.717) is 0 Å². The first kappa shape index (κ1) is 16.6. The van der Waals surface area contributed by atoms with Gasteiger partial charge in [-0.25, -0.2) is 0 Å². The van der Waals surface area contributed by atoms with Crippen LogP contribution in [0, 0.1) is 0 Å². The molecule has 4 nitrogen and oxygen atoms in total. The van der Waals surface area contributed by atoms with Crippen LogP contribution in [0.2, 0.25) is 0 Å². The predicted octanol–water partition coefficient (Wildman–Crippen LogP) is 2.66. The molecule has 0 aliphatic rings. The number of nitrogens with zero attached hydrogens (tertiary/aromatic N) is 1. The van der Waals surface area contributed by atoms with Gasteiger partial charge in [0.25, 0.3) is 0 Å². The fourth-order valence-corrected chi connectivity index (χ4v) is 2.86. The van der Waals surface area contributed by atoms with Gasteiger partial charge < -0.3 is 10.0 Å². The zero-order valence-corrected chi connectivity index (χ0v) is 12.9. The summed E-state index contributed by atoms with van der Waals surface area (Å²) in [5, 5.41) is 8.58. The number of carboxylic acid groups (broad SMARTS) is 1. The van der Waals surface area contributed by atoms with Gasteiger partial charge in [-0.2, -0.15) is 0 Å². The highest BCUT2D eigenvalue weighted by molar-refractivity contribution is 8.00. The van der Waals surface area contributed by atoms with Crippen LogP contribution in [0.15, 0.2) is 29.2 Å². The zero-order valence-electron chi connectivity index (χ0n) is 12.1. The molecule has 1 unspecified atom stereocenters. The first-order chi connectivity index (χ1) is 9.47. The third-order valence-corrected chi connectivity index (χ3v) is 4.11. The van der Waals surface area contributed by atoms with E-state index in [4.69, 9.17) is 5.11 Å². The molecule has 1 aromatic rings. The highest BCUT2D eigenvalue weighted by atomic mass is 32.2. The van der Waals surface area contributed by atoms with Crippen molar-refractivity contribution in [1.29, 1.82) is 0 Å². The van der Waals surface area contributed by atoms with Crippen LogP contribution in [0.4, 0.5) is 0 Å². The Kier molecular flexibility index (Phi) is 6.58. The standard InChI is InChI=1S/C15H21NO3S/c1-4-16(5-2)15(19)11(3)20-13-8-6-12(7-9-13)10-14(17)18/h6-9,11H,4-5,10H2,1-3H3,(H,17,18). The van der Waals surface area contributed by atoms with Crippen molar-refractivity contribution in [3.8, 4) is 0 Å². The predicted molar refractivity (Wildman–Crippen MR) is 81.0 cm³/mol. The lowest BCUT2D eigenvalue weighted by atomic mass is 10.2. The Morgan fingerprint density at radius 3 is 2.20 bits per heavy atom. The van der Waals surface area contributed by atoms with Crippen LogP contribution in [0.25, 0.3) is 0 Å². The summed E-state index contributed by atoms with van der Waals surface area (Å²) in [6.45, 7) is 7.28. The lowest BCUT2D eigenvalue weighted by Gasteiger charge is -2.22. The average molecular weight is 295 g/mol. The van der Waals surface area contributed by atoms with E-state index in [1.807, 2.05) is 37.8 Å². The lowest BCUT2D eigenvalue weighted by molar-refractivity contribution is -0.136. The van der Waals surface area contributed by atoms with Crippen LogP contribution in [0.1, 0.15) is 26.3 Å². The van der Waals surface area contributed by atoms with Crippen molar-refractivity contribution in [3.05, 3.63) is 29.8 Å². The average Bonchev–Trinajstić information content (AvgIpc) is 2.41. The number of amides is 1. The number of thioether (sulfide) groups is 1. The van der Waals surface area contributed by atoms with Gasteiger partial charge in [0.2, 0.25) is 5.91 Å². The molecule has 1 amide bonds. The summed E-state index contributed by atoms with van der Waals surface area (Å²) in [5.41, 5.74) is 0.768. The van der Waals surface area contributed by atoms with E-state index >= 15 is 0 Å². The summed E-state index contributed by atoms with van der Waals surface area (Å²) in [4.78, 5) is 25.6. The van der Waals surface area contributed by atoms with E-state index in [2.05, 4.69) is 0 Å². The van der Waals surface area contributed by atoms with Gasteiger partial charge in [-0.05, 0) is 38.5 Å². The first-order valence-corrected chi connectivity index (χ1v) is 7.62. The Morgan fingerprint density at radius 1 is 1.20 bits per heavy atom. The largest absolute Gasteiger partial charge is 0.481 e. The molecule has 1 rings (SSSR count). The van der Waals surface area contributed by atoms with Crippen LogP contribution in [0.3, 0.4) is 0 Å². The number of carbonyl (C=O) groups excluding carboxylic acids is 1. The highest BCUT2D eigenvalue weighted by Gasteiger charge is 2.19. The van der Waals surface area contributed by atoms with Crippen molar-refractivity contribution in [1.82, 2.24) is 4.90 Å². The maximum absolute atomic E-state index is 12.1. The van der Waals surface area contributed by atoms with Gasteiger partial charge in [-0.3, -0.25) is 9.59 Å². The van der Waals surface area contributed by atoms with Crippen molar-refractivity contribution in [2.75, 3.05) is 13.1 Å². The van der Waals surface area contributed by atoms with Crippen LogP contribution in [-0.2, 0) is 16.0 Å². The molecule has 110 valence electrons. The molecule has 0 fully saturated rings. The minimum Gasteiger partial charge on any atom is -0.481 e. The molecule has 0 radical (unpaired) electrons. The van der Waals surface area contributed by atoms with Crippen molar-refractivity contribution in [2.24, 2.45) is 0 Å². The maximum atomic E-state index is 12.1. The van der Waals surface area contributed by atoms with Gasteiger partial charge in [0.1, 0.15) is 0 Å². The minimum absolute atomic E-state index is 0.0267. The van der Waals surface area contributed by atoms with Crippen molar-refractivity contribution in [3.63, 3.8) is 0 Å². The smallest absolute Gasteiger partial charge is 0.307 e. The SMILES string of the molecule is CCN(CC)C(=O)C(C)Sc1ccc(CC(=O)O)cc1. The van der Waals surface area contributed by atoms with Crippen LogP contribution >= 0.6 is 11.8 Å². The molecule has 0 aliphatic carbocycles. The fourth-order valence-electron chi connectivity index (χ4n) is 1.91. The third kappa shape index (κ3) is 4.89. The molecule has 0 saturated carbocycles. The molecule has 0 spiro atoms. The van der Waals surface area contributed by atoms with Gasteiger partial charge in [0.15, 0.2) is 0 Å². The van der Waals surface area contributed by atoms with Gasteiger partial charge in [0.05, 0.1) is 11.7 Å². The summed E-state index contributed by atoms with van der Waals surface area (Å²) in [5.74, 6) is -0.704. The Hall–Kier alpha value is -1.49. The van der Waals surface area contributed by atoms with E-state index < -0.39 is 5.97 Å². The van der Waals surface area contributed by atoms with Crippen molar-refractivity contribution >= 4 is 23.6 Å². The molecule has 20 heavy (non-hydrogen) atoms. The highest BCUT2D eigenvalue weighted by Crippen LogP contribution is 2.25. The molecule has 0 aromatic heterocycles. The Labute approximate surface area is 124 Å². The molecule has 0 bridgehead atoms. The molecule has 0 heterocycles. The summed E-state index contributed by atoms with van der Waals surface area (Å²) in [6, 6.07) is 7.33. The number of hydrogen-bond acceptors (Lipinski definition) is 3. The van der Waals surface area contributed by atoms with Crippen LogP contribution in [0.5, 0.6) is 0 Å². The first-order valence-electron chi connectivity index (χ1n) is 6.74. The molecular formula is C15H21NO3S. The summed E-state index contributed by atoms with van der Waals surface area (Å²) in [7, 11) is 0. The third-order valence-electron chi connectivity index (χ3n) is 3.01. The Morgan fingerprint density at radius 2 is 1.75 bits per heavy atom. The Bertz CT molecular complexity index is 455. The van der Waals surface area contributed by atoms with Gasteiger partial charge in [-0.1, -0.05) is 12.1 Å². The number of carbonyl (C=O) groups is 2. The summed E-state index contributed by atoms with van der Waals surface area (Å²) in [6.07, 6.45) is 0.0267. The molecule has 0 saturated heterocycles. The number of hydrogen-bond donors (Lipinski definition) is 1. The maximum Gasteiger partial charge on any atom is 0.307 e. The molecule has 5 heteroatoms. The topological polar surface area (TPSA) is 57.6 Å². The van der Waals surface area contributed by atoms with E-state index in [1.165, 1.54) is 11.8 Å². The minimum atomic E-state index is -0.838. The van der Waals surface area contributed by atoms with E-state index in [9.17, 15) is 9.59 Å². The second kappa shape index (κ2) is 7.94. The second-order valence-corrected chi connectivity index (χ2v) is 5.90. The Balaban J connectivity index is 2.64. The molecule has 1 N–H and O–H groups in total. The number of benzene rings is 1. The van der Waals surface area contributed by atoms with Crippen molar-refractivity contribution < 1.29 is 14.7 Å². The quantitative estimate of drug-likeness (QED) is 0.786.